The van der Waals surface area contributed by atoms with E-state index in [9.17, 15) is 18.8 Å². The van der Waals surface area contributed by atoms with Crippen molar-refractivity contribution < 1.29 is 23.5 Å². The largest absolute Gasteiger partial charge is 0.457 e. The predicted molar refractivity (Wildman–Crippen MR) is 149 cm³/mol. The second-order valence-electron chi connectivity index (χ2n) is 8.31. The lowest BCUT2D eigenvalue weighted by Crippen LogP contribution is -2.37. The molecule has 0 fully saturated rings. The Bertz CT molecular complexity index is 1290. The summed E-state index contributed by atoms with van der Waals surface area (Å²) < 4.78 is 18.8. The van der Waals surface area contributed by atoms with Gasteiger partial charge in [-0.1, -0.05) is 25.4 Å². The molecular weight excluding hydrogens is 527 g/mol. The third-order valence-corrected chi connectivity index (χ3v) is 5.79. The Kier molecular flexibility index (Phi) is 11.0. The van der Waals surface area contributed by atoms with Crippen LogP contribution in [0, 0.1) is 5.82 Å². The monoisotopic (exact) mass is 556 g/mol. The summed E-state index contributed by atoms with van der Waals surface area (Å²) in [6.07, 6.45) is 1.04. The number of halogens is 2. The Morgan fingerprint density at radius 1 is 0.923 bits per heavy atom. The second kappa shape index (κ2) is 14.6. The molecule has 12 heteroatoms. The molecule has 3 aromatic rings. The quantitative estimate of drug-likeness (QED) is 0.230. The molecule has 206 valence electrons. The van der Waals surface area contributed by atoms with Gasteiger partial charge >= 0.3 is 6.03 Å². The Morgan fingerprint density at radius 3 is 2.31 bits per heavy atom. The van der Waals surface area contributed by atoms with Crippen molar-refractivity contribution in [3.63, 3.8) is 0 Å². The van der Waals surface area contributed by atoms with Gasteiger partial charge in [0.15, 0.2) is 0 Å². The summed E-state index contributed by atoms with van der Waals surface area (Å²) in [6, 6.07) is 12.6. The van der Waals surface area contributed by atoms with Gasteiger partial charge in [-0.25, -0.2) is 14.2 Å². The van der Waals surface area contributed by atoms with Gasteiger partial charge in [0.05, 0.1) is 10.7 Å². The van der Waals surface area contributed by atoms with Crippen molar-refractivity contribution in [3.8, 4) is 11.5 Å². The zero-order chi connectivity index (χ0) is 28.2. The van der Waals surface area contributed by atoms with Gasteiger partial charge in [0, 0.05) is 37.1 Å². The number of carbonyl (C=O) groups excluding carboxylic acids is 3. The number of urea groups is 1. The maximum atomic E-state index is 13.0. The molecule has 1 aromatic heterocycles. The van der Waals surface area contributed by atoms with Crippen LogP contribution in [0.5, 0.6) is 11.5 Å². The summed E-state index contributed by atoms with van der Waals surface area (Å²) in [6.45, 7) is 7.20. The predicted octanol–water partition coefficient (Wildman–Crippen LogP) is 5.10. The minimum Gasteiger partial charge on any atom is -0.457 e. The average Bonchev–Trinajstić information content (AvgIpc) is 2.90. The number of rotatable bonds is 12. The highest BCUT2D eigenvalue weighted by molar-refractivity contribution is 6.34. The molecule has 0 aliphatic heterocycles. The van der Waals surface area contributed by atoms with Crippen molar-refractivity contribution in [2.24, 2.45) is 0 Å². The lowest BCUT2D eigenvalue weighted by Gasteiger charge is -2.18. The molecule has 0 saturated carbocycles. The fraction of sp³-hybridized carbons (Fsp3) is 0.259. The molecule has 0 aliphatic rings. The molecule has 0 radical (unpaired) electrons. The highest BCUT2D eigenvalue weighted by Crippen LogP contribution is 2.30. The molecule has 0 saturated heterocycles. The molecule has 39 heavy (non-hydrogen) atoms. The van der Waals surface area contributed by atoms with Crippen molar-refractivity contribution in [1.82, 2.24) is 15.2 Å². The van der Waals surface area contributed by atoms with Crippen LogP contribution in [0.25, 0.3) is 0 Å². The number of likely N-dealkylation sites (N-methyl/N-ethyl adjacent to an activating group) is 1. The van der Waals surface area contributed by atoms with E-state index in [1.54, 1.807) is 18.2 Å². The van der Waals surface area contributed by atoms with Crippen LogP contribution < -0.4 is 26.0 Å². The third kappa shape index (κ3) is 9.87. The maximum absolute atomic E-state index is 13.0. The van der Waals surface area contributed by atoms with Crippen LogP contribution in [0.4, 0.5) is 26.4 Å². The van der Waals surface area contributed by atoms with E-state index >= 15 is 0 Å². The zero-order valence-electron chi connectivity index (χ0n) is 21.6. The molecule has 4 amide bonds. The number of nitrogens with one attached hydrogen (secondary N) is 4. The highest BCUT2D eigenvalue weighted by atomic mass is 35.5. The lowest BCUT2D eigenvalue weighted by molar-refractivity contribution is -0.123. The summed E-state index contributed by atoms with van der Waals surface area (Å²) in [4.78, 5) is 42.9. The van der Waals surface area contributed by atoms with Crippen molar-refractivity contribution in [1.29, 1.82) is 0 Å². The number of carbonyl (C=O) groups is 3. The first-order valence-corrected chi connectivity index (χ1v) is 12.7. The van der Waals surface area contributed by atoms with E-state index in [-0.39, 0.29) is 11.1 Å². The van der Waals surface area contributed by atoms with E-state index in [0.717, 1.165) is 19.6 Å². The van der Waals surface area contributed by atoms with Crippen molar-refractivity contribution in [3.05, 3.63) is 71.6 Å². The fourth-order valence-electron chi connectivity index (χ4n) is 3.45. The molecule has 0 spiro atoms. The number of hydrogen-bond acceptors (Lipinski definition) is 6. The first-order chi connectivity index (χ1) is 18.7. The van der Waals surface area contributed by atoms with Crippen LogP contribution in [0.3, 0.4) is 0 Å². The van der Waals surface area contributed by atoms with Crippen LogP contribution in [-0.4, -0.2) is 53.9 Å². The molecule has 0 unspecified atom stereocenters. The van der Waals surface area contributed by atoms with Crippen LogP contribution >= 0.6 is 11.6 Å². The summed E-state index contributed by atoms with van der Waals surface area (Å²) in [5.74, 6) is -0.471. The normalized spacial score (nSPS) is 10.6. The Morgan fingerprint density at radius 2 is 1.62 bits per heavy atom. The molecule has 2 aromatic carbocycles. The molecule has 1 heterocycles. The van der Waals surface area contributed by atoms with E-state index in [1.807, 2.05) is 0 Å². The Balaban J connectivity index is 1.50. The van der Waals surface area contributed by atoms with Crippen molar-refractivity contribution >= 4 is 46.6 Å². The van der Waals surface area contributed by atoms with Gasteiger partial charge in [0.1, 0.15) is 29.6 Å². The van der Waals surface area contributed by atoms with Gasteiger partial charge in [0.25, 0.3) is 0 Å². The average molecular weight is 557 g/mol. The van der Waals surface area contributed by atoms with E-state index in [1.165, 1.54) is 42.6 Å². The zero-order valence-corrected chi connectivity index (χ0v) is 22.3. The van der Waals surface area contributed by atoms with Crippen LogP contribution in [0.2, 0.25) is 5.02 Å². The molecular formula is C27H30ClFN6O4. The fourth-order valence-corrected chi connectivity index (χ4v) is 3.66. The summed E-state index contributed by atoms with van der Waals surface area (Å²) in [5, 5.41) is 10.7. The third-order valence-electron chi connectivity index (χ3n) is 5.48. The molecule has 0 atom stereocenters. The number of nitrogens with zero attached hydrogens (tertiary/aromatic N) is 2. The first kappa shape index (κ1) is 29.3. The van der Waals surface area contributed by atoms with E-state index in [2.05, 4.69) is 45.0 Å². The molecule has 10 nitrogen and oxygen atoms in total. The minimum atomic E-state index is -0.578. The first-order valence-electron chi connectivity index (χ1n) is 12.3. The van der Waals surface area contributed by atoms with Gasteiger partial charge in [0.2, 0.25) is 11.8 Å². The number of pyridine rings is 1. The Hall–Kier alpha value is -4.22. The standard InChI is InChI=1S/C27H30ClFN6O4/c1-3-35(4-2)14-13-31-27(38)34-24-16-21(11-12-30-24)39-20-9-10-23(22(28)15-20)33-26(37)17-25(36)32-19-7-5-18(29)6-8-19/h5-12,15-16H,3-4,13-14,17H2,1-2H3,(H,32,36)(H,33,37)(H2,30,31,34,38). The summed E-state index contributed by atoms with van der Waals surface area (Å²) in [5.41, 5.74) is 0.668. The minimum absolute atomic E-state index is 0.194. The maximum Gasteiger partial charge on any atom is 0.320 e. The van der Waals surface area contributed by atoms with E-state index in [0.29, 0.717) is 35.2 Å². The molecule has 4 N–H and O–H groups in total. The molecule has 3 rings (SSSR count). The van der Waals surface area contributed by atoms with Gasteiger partial charge < -0.3 is 25.6 Å². The Labute approximate surface area is 230 Å². The van der Waals surface area contributed by atoms with Gasteiger partial charge in [-0.15, -0.1) is 0 Å². The number of hydrogen-bond donors (Lipinski definition) is 4. The highest BCUT2D eigenvalue weighted by Gasteiger charge is 2.13. The molecule has 0 bridgehead atoms. The number of benzene rings is 2. The van der Waals surface area contributed by atoms with E-state index < -0.39 is 24.1 Å². The van der Waals surface area contributed by atoms with E-state index in [4.69, 9.17) is 16.3 Å². The number of aromatic nitrogens is 1. The number of ether oxygens (including phenoxy) is 1. The van der Waals surface area contributed by atoms with Crippen LogP contribution in [0.15, 0.2) is 60.8 Å². The van der Waals surface area contributed by atoms with Crippen molar-refractivity contribution in [2.45, 2.75) is 20.3 Å². The smallest absolute Gasteiger partial charge is 0.320 e. The lowest BCUT2D eigenvalue weighted by atomic mass is 10.2. The van der Waals surface area contributed by atoms with Gasteiger partial charge in [-0.05, 0) is 55.6 Å². The van der Waals surface area contributed by atoms with Gasteiger partial charge in [-0.3, -0.25) is 14.9 Å². The number of anilines is 3. The second-order valence-corrected chi connectivity index (χ2v) is 8.72. The van der Waals surface area contributed by atoms with Gasteiger partial charge in [-0.2, -0.15) is 0 Å². The van der Waals surface area contributed by atoms with Crippen LogP contribution in [-0.2, 0) is 9.59 Å². The SMILES string of the molecule is CCN(CC)CCNC(=O)Nc1cc(Oc2ccc(NC(=O)CC(=O)Nc3ccc(F)cc3)c(Cl)c2)ccn1. The van der Waals surface area contributed by atoms with Crippen molar-refractivity contribution in [2.75, 3.05) is 42.1 Å². The summed E-state index contributed by atoms with van der Waals surface area (Å²) in [7, 11) is 0. The van der Waals surface area contributed by atoms with Crippen LogP contribution in [0.1, 0.15) is 20.3 Å². The topological polar surface area (TPSA) is 125 Å². The summed E-state index contributed by atoms with van der Waals surface area (Å²) >= 11 is 6.30. The number of amides is 4. The molecule has 0 aliphatic carbocycles.